The van der Waals surface area contributed by atoms with Gasteiger partial charge in [-0.3, -0.25) is 4.79 Å². The lowest BCUT2D eigenvalue weighted by Gasteiger charge is -2.09. The van der Waals surface area contributed by atoms with Gasteiger partial charge in [0.25, 0.3) is 5.91 Å². The van der Waals surface area contributed by atoms with Crippen LogP contribution in [-0.2, 0) is 10.0 Å². The van der Waals surface area contributed by atoms with Crippen molar-refractivity contribution in [3.05, 3.63) is 71.2 Å². The minimum absolute atomic E-state index is 0.0163. The number of fused-ring (bicyclic) bond motifs is 1. The fraction of sp³-hybridized carbons (Fsp3) is 0. The first-order valence-corrected chi connectivity index (χ1v) is 8.90. The SMILES string of the molecule is NS(=O)(=O)c1ccc(NC(=O)c2cccc3c(Cl)cccc23)cc1. The molecule has 0 radical (unpaired) electrons. The zero-order valence-electron chi connectivity index (χ0n) is 12.4. The summed E-state index contributed by atoms with van der Waals surface area (Å²) in [7, 11) is -3.76. The van der Waals surface area contributed by atoms with Gasteiger partial charge in [-0.2, -0.15) is 0 Å². The van der Waals surface area contributed by atoms with Gasteiger partial charge in [0.1, 0.15) is 0 Å². The molecule has 0 unspecified atom stereocenters. The van der Waals surface area contributed by atoms with E-state index in [2.05, 4.69) is 5.32 Å². The van der Waals surface area contributed by atoms with Crippen LogP contribution < -0.4 is 10.5 Å². The van der Waals surface area contributed by atoms with Crippen molar-refractivity contribution in [3.63, 3.8) is 0 Å². The van der Waals surface area contributed by atoms with Gasteiger partial charge in [-0.25, -0.2) is 13.6 Å². The van der Waals surface area contributed by atoms with Gasteiger partial charge in [-0.1, -0.05) is 35.9 Å². The van der Waals surface area contributed by atoms with Crippen molar-refractivity contribution in [2.75, 3.05) is 5.32 Å². The normalized spacial score (nSPS) is 11.4. The van der Waals surface area contributed by atoms with Crippen LogP contribution in [0.2, 0.25) is 5.02 Å². The molecule has 0 saturated heterocycles. The monoisotopic (exact) mass is 360 g/mol. The maximum absolute atomic E-state index is 12.5. The molecular weight excluding hydrogens is 348 g/mol. The zero-order chi connectivity index (χ0) is 17.3. The number of carbonyl (C=O) groups excluding carboxylic acids is 1. The van der Waals surface area contributed by atoms with Crippen molar-refractivity contribution >= 4 is 44.0 Å². The van der Waals surface area contributed by atoms with E-state index in [9.17, 15) is 13.2 Å². The van der Waals surface area contributed by atoms with Gasteiger partial charge in [0.2, 0.25) is 10.0 Å². The number of hydrogen-bond acceptors (Lipinski definition) is 3. The molecule has 0 bridgehead atoms. The Hall–Kier alpha value is -2.41. The molecule has 0 atom stereocenters. The van der Waals surface area contributed by atoms with Gasteiger partial charge in [0.15, 0.2) is 0 Å². The zero-order valence-corrected chi connectivity index (χ0v) is 13.9. The Kier molecular flexibility index (Phi) is 4.28. The highest BCUT2D eigenvalue weighted by Gasteiger charge is 2.12. The number of nitrogens with one attached hydrogen (secondary N) is 1. The topological polar surface area (TPSA) is 89.3 Å². The third kappa shape index (κ3) is 3.26. The Bertz CT molecular complexity index is 1030. The van der Waals surface area contributed by atoms with E-state index in [4.69, 9.17) is 16.7 Å². The molecule has 0 aromatic heterocycles. The van der Waals surface area contributed by atoms with Gasteiger partial charge >= 0.3 is 0 Å². The molecule has 122 valence electrons. The van der Waals surface area contributed by atoms with Gasteiger partial charge in [0.05, 0.1) is 4.90 Å². The van der Waals surface area contributed by atoms with E-state index in [1.165, 1.54) is 24.3 Å². The third-order valence-electron chi connectivity index (χ3n) is 3.55. The minimum atomic E-state index is -3.76. The number of carbonyl (C=O) groups is 1. The van der Waals surface area contributed by atoms with Gasteiger partial charge in [-0.15, -0.1) is 0 Å². The first-order valence-electron chi connectivity index (χ1n) is 6.98. The predicted molar refractivity (Wildman–Crippen MR) is 94.7 cm³/mol. The van der Waals surface area contributed by atoms with Gasteiger partial charge in [-0.05, 0) is 41.8 Å². The minimum Gasteiger partial charge on any atom is -0.322 e. The molecule has 3 aromatic rings. The molecule has 24 heavy (non-hydrogen) atoms. The second-order valence-corrected chi connectivity index (χ2v) is 7.13. The lowest BCUT2D eigenvalue weighted by molar-refractivity contribution is 0.102. The Morgan fingerprint density at radius 3 is 2.21 bits per heavy atom. The molecule has 3 N–H and O–H groups in total. The first-order chi connectivity index (χ1) is 11.4. The van der Waals surface area contributed by atoms with Crippen molar-refractivity contribution in [3.8, 4) is 0 Å². The van der Waals surface area contributed by atoms with E-state index in [1.54, 1.807) is 24.3 Å². The van der Waals surface area contributed by atoms with Crippen LogP contribution >= 0.6 is 11.6 Å². The van der Waals surface area contributed by atoms with E-state index < -0.39 is 10.0 Å². The highest BCUT2D eigenvalue weighted by atomic mass is 35.5. The van der Waals surface area contributed by atoms with Crippen LogP contribution in [-0.4, -0.2) is 14.3 Å². The van der Waals surface area contributed by atoms with E-state index in [0.717, 1.165) is 10.8 Å². The van der Waals surface area contributed by atoms with Gasteiger partial charge < -0.3 is 5.32 Å². The largest absolute Gasteiger partial charge is 0.322 e. The van der Waals surface area contributed by atoms with Crippen molar-refractivity contribution in [1.82, 2.24) is 0 Å². The molecule has 0 aliphatic carbocycles. The molecule has 1 amide bonds. The second kappa shape index (κ2) is 6.24. The van der Waals surface area contributed by atoms with Crippen LogP contribution in [0.15, 0.2) is 65.6 Å². The molecule has 0 fully saturated rings. The summed E-state index contributed by atoms with van der Waals surface area (Å²) < 4.78 is 22.5. The Balaban J connectivity index is 1.92. The standard InChI is InChI=1S/C17H13ClN2O3S/c18-16-6-2-3-13-14(16)4-1-5-15(13)17(21)20-11-7-9-12(10-8-11)24(19,22)23/h1-10H,(H,20,21)(H2,19,22,23). The van der Waals surface area contributed by atoms with E-state index in [1.807, 2.05) is 12.1 Å². The maximum Gasteiger partial charge on any atom is 0.256 e. The average Bonchev–Trinajstić information content (AvgIpc) is 2.54. The fourth-order valence-corrected chi connectivity index (χ4v) is 3.15. The molecular formula is C17H13ClN2O3S. The van der Waals surface area contributed by atoms with Crippen LogP contribution in [0.3, 0.4) is 0 Å². The van der Waals surface area contributed by atoms with E-state index in [0.29, 0.717) is 16.3 Å². The first kappa shape index (κ1) is 16.4. The summed E-state index contributed by atoms with van der Waals surface area (Å²) in [6.07, 6.45) is 0. The number of nitrogens with two attached hydrogens (primary N) is 1. The quantitative estimate of drug-likeness (QED) is 0.750. The summed E-state index contributed by atoms with van der Waals surface area (Å²) in [6.45, 7) is 0. The number of rotatable bonds is 3. The number of amides is 1. The molecule has 3 aromatic carbocycles. The molecule has 7 heteroatoms. The van der Waals surface area contributed by atoms with Crippen molar-refractivity contribution in [2.45, 2.75) is 4.90 Å². The highest BCUT2D eigenvalue weighted by molar-refractivity contribution is 7.89. The third-order valence-corrected chi connectivity index (χ3v) is 4.81. The van der Waals surface area contributed by atoms with E-state index in [-0.39, 0.29) is 10.8 Å². The van der Waals surface area contributed by atoms with Crippen LogP contribution in [0.25, 0.3) is 10.8 Å². The Morgan fingerprint density at radius 1 is 0.917 bits per heavy atom. The molecule has 0 heterocycles. The molecule has 0 saturated carbocycles. The number of anilines is 1. The van der Waals surface area contributed by atoms with Crippen molar-refractivity contribution < 1.29 is 13.2 Å². The molecule has 0 aliphatic heterocycles. The fourth-order valence-electron chi connectivity index (χ4n) is 2.40. The summed E-state index contributed by atoms with van der Waals surface area (Å²) >= 11 is 6.15. The maximum atomic E-state index is 12.5. The Morgan fingerprint density at radius 2 is 1.54 bits per heavy atom. The van der Waals surface area contributed by atoms with Crippen LogP contribution in [0.5, 0.6) is 0 Å². The highest BCUT2D eigenvalue weighted by Crippen LogP contribution is 2.26. The van der Waals surface area contributed by atoms with Crippen LogP contribution in [0.4, 0.5) is 5.69 Å². The number of primary sulfonamides is 1. The number of sulfonamides is 1. The average molecular weight is 361 g/mol. The molecule has 3 rings (SSSR count). The predicted octanol–water partition coefficient (Wildman–Crippen LogP) is 3.39. The number of halogens is 1. The number of hydrogen-bond donors (Lipinski definition) is 2. The second-order valence-electron chi connectivity index (χ2n) is 5.16. The summed E-state index contributed by atoms with van der Waals surface area (Å²) in [6, 6.07) is 16.3. The smallest absolute Gasteiger partial charge is 0.256 e. The summed E-state index contributed by atoms with van der Waals surface area (Å²) in [5.74, 6) is -0.314. The van der Waals surface area contributed by atoms with Crippen LogP contribution in [0, 0.1) is 0 Å². The lowest BCUT2D eigenvalue weighted by atomic mass is 10.0. The lowest BCUT2D eigenvalue weighted by Crippen LogP contribution is -2.14. The summed E-state index contributed by atoms with van der Waals surface area (Å²) in [5.41, 5.74) is 0.942. The van der Waals surface area contributed by atoms with E-state index >= 15 is 0 Å². The molecule has 5 nitrogen and oxygen atoms in total. The summed E-state index contributed by atoms with van der Waals surface area (Å²) in [5, 5.41) is 9.88. The van der Waals surface area contributed by atoms with Gasteiger partial charge in [0, 0.05) is 21.7 Å². The van der Waals surface area contributed by atoms with Crippen LogP contribution in [0.1, 0.15) is 10.4 Å². The molecule has 0 spiro atoms. The summed E-state index contributed by atoms with van der Waals surface area (Å²) in [4.78, 5) is 12.5. The van der Waals surface area contributed by atoms with Crippen molar-refractivity contribution in [1.29, 1.82) is 0 Å². The molecule has 0 aliphatic rings. The number of benzene rings is 3. The van der Waals surface area contributed by atoms with Crippen molar-refractivity contribution in [2.24, 2.45) is 5.14 Å². The Labute approximate surface area is 144 Å².